The van der Waals surface area contributed by atoms with Gasteiger partial charge in [0.25, 0.3) is 0 Å². The SMILES string of the molecule is C=CCOC(C)C(O[SiH3])(C(C)OCC=C)C(C)OCC=C. The van der Waals surface area contributed by atoms with Crippen molar-refractivity contribution in [2.75, 3.05) is 19.8 Å². The molecule has 0 aliphatic carbocycles. The van der Waals surface area contributed by atoms with E-state index in [0.29, 0.717) is 30.3 Å². The maximum absolute atomic E-state index is 5.98. The van der Waals surface area contributed by atoms with E-state index in [4.69, 9.17) is 18.6 Å². The Labute approximate surface area is 132 Å². The fraction of sp³-hybridized carbons (Fsp3) is 0.625. The van der Waals surface area contributed by atoms with E-state index in [9.17, 15) is 0 Å². The Morgan fingerprint density at radius 3 is 1.29 bits per heavy atom. The van der Waals surface area contributed by atoms with E-state index >= 15 is 0 Å². The predicted octanol–water partition coefficient (Wildman–Crippen LogP) is 1.80. The average Bonchev–Trinajstić information content (AvgIpc) is 2.49. The van der Waals surface area contributed by atoms with Crippen LogP contribution in [0.2, 0.25) is 0 Å². The minimum Gasteiger partial charge on any atom is -0.415 e. The Kier molecular flexibility index (Phi) is 10.5. The quantitative estimate of drug-likeness (QED) is 0.384. The van der Waals surface area contributed by atoms with Crippen LogP contribution >= 0.6 is 0 Å². The summed E-state index contributed by atoms with van der Waals surface area (Å²) >= 11 is 0. The van der Waals surface area contributed by atoms with Gasteiger partial charge in [0.1, 0.15) is 16.1 Å². The fourth-order valence-electron chi connectivity index (χ4n) is 2.52. The molecule has 0 amide bonds. The molecule has 0 rings (SSSR count). The number of hydrogen-bond donors (Lipinski definition) is 0. The molecule has 0 saturated heterocycles. The zero-order valence-corrected chi connectivity index (χ0v) is 15.8. The Morgan fingerprint density at radius 1 is 0.810 bits per heavy atom. The van der Waals surface area contributed by atoms with Gasteiger partial charge in [-0.1, -0.05) is 18.2 Å². The first kappa shape index (κ1) is 20.3. The summed E-state index contributed by atoms with van der Waals surface area (Å²) in [5.74, 6) is 0. The first-order chi connectivity index (χ1) is 10.0. The van der Waals surface area contributed by atoms with Gasteiger partial charge < -0.3 is 18.6 Å². The van der Waals surface area contributed by atoms with E-state index in [1.165, 1.54) is 0 Å². The summed E-state index contributed by atoms with van der Waals surface area (Å²) < 4.78 is 23.4. The van der Waals surface area contributed by atoms with E-state index in [0.717, 1.165) is 0 Å². The molecule has 21 heavy (non-hydrogen) atoms. The molecule has 0 fully saturated rings. The Hall–Kier alpha value is -0.723. The van der Waals surface area contributed by atoms with Crippen LogP contribution in [0.25, 0.3) is 0 Å². The van der Waals surface area contributed by atoms with Crippen LogP contribution in [0.15, 0.2) is 38.0 Å². The number of rotatable bonds is 13. The van der Waals surface area contributed by atoms with E-state index in [2.05, 4.69) is 19.7 Å². The van der Waals surface area contributed by atoms with Gasteiger partial charge in [0.2, 0.25) is 0 Å². The predicted molar refractivity (Wildman–Crippen MR) is 90.6 cm³/mol. The van der Waals surface area contributed by atoms with Crippen LogP contribution in [-0.4, -0.2) is 54.2 Å². The monoisotopic (exact) mass is 314 g/mol. The molecular formula is C16H30O4Si. The molecule has 3 atom stereocenters. The van der Waals surface area contributed by atoms with Gasteiger partial charge in [-0.25, -0.2) is 0 Å². The topological polar surface area (TPSA) is 36.9 Å². The molecule has 0 aliphatic heterocycles. The van der Waals surface area contributed by atoms with Crippen molar-refractivity contribution in [1.82, 2.24) is 0 Å². The molecule has 0 radical (unpaired) electrons. The zero-order chi connectivity index (χ0) is 16.3. The third-order valence-electron chi connectivity index (χ3n) is 3.65. The standard InChI is InChI=1S/C16H30O4Si/c1-7-10-17-13(4)16(20-21,14(5)18-11-8-2)15(6)19-12-9-3/h7-9,13-15H,1-3,10-12H2,4-6,21H3. The van der Waals surface area contributed by atoms with E-state index < -0.39 is 5.60 Å². The minimum atomic E-state index is -0.679. The average molecular weight is 314 g/mol. The summed E-state index contributed by atoms with van der Waals surface area (Å²) in [6.07, 6.45) is 4.56. The highest BCUT2D eigenvalue weighted by molar-refractivity contribution is 5.98. The molecule has 0 aliphatic rings. The molecule has 5 heteroatoms. The van der Waals surface area contributed by atoms with Crippen molar-refractivity contribution in [3.05, 3.63) is 38.0 Å². The van der Waals surface area contributed by atoms with Crippen molar-refractivity contribution in [2.45, 2.75) is 44.7 Å². The Balaban J connectivity index is 5.27. The summed E-state index contributed by atoms with van der Waals surface area (Å²) in [5.41, 5.74) is -0.679. The lowest BCUT2D eigenvalue weighted by Crippen LogP contribution is -2.61. The van der Waals surface area contributed by atoms with Gasteiger partial charge in [-0.2, -0.15) is 0 Å². The zero-order valence-electron chi connectivity index (χ0n) is 13.8. The van der Waals surface area contributed by atoms with E-state index in [1.54, 1.807) is 18.2 Å². The van der Waals surface area contributed by atoms with Crippen molar-refractivity contribution in [3.8, 4) is 0 Å². The van der Waals surface area contributed by atoms with Crippen LogP contribution in [0.3, 0.4) is 0 Å². The molecule has 0 spiro atoms. The van der Waals surface area contributed by atoms with Crippen LogP contribution in [0.5, 0.6) is 0 Å². The van der Waals surface area contributed by atoms with Gasteiger partial charge in [-0.15, -0.1) is 19.7 Å². The smallest absolute Gasteiger partial charge is 0.147 e. The first-order valence-electron chi connectivity index (χ1n) is 7.23. The normalized spacial score (nSPS) is 18.4. The van der Waals surface area contributed by atoms with Gasteiger partial charge in [-0.05, 0) is 20.8 Å². The highest BCUT2D eigenvalue weighted by Crippen LogP contribution is 2.31. The van der Waals surface area contributed by atoms with Crippen molar-refractivity contribution < 1.29 is 18.6 Å². The van der Waals surface area contributed by atoms with Crippen LogP contribution in [0.4, 0.5) is 0 Å². The summed E-state index contributed by atoms with van der Waals surface area (Å²) in [6.45, 7) is 18.3. The molecule has 0 aromatic rings. The van der Waals surface area contributed by atoms with E-state index in [-0.39, 0.29) is 18.3 Å². The van der Waals surface area contributed by atoms with Crippen molar-refractivity contribution in [3.63, 3.8) is 0 Å². The van der Waals surface area contributed by atoms with Crippen molar-refractivity contribution >= 4 is 10.5 Å². The highest BCUT2D eigenvalue weighted by Gasteiger charge is 2.48. The molecule has 3 unspecified atom stereocenters. The molecule has 0 bridgehead atoms. The van der Waals surface area contributed by atoms with Gasteiger partial charge in [-0.3, -0.25) is 0 Å². The largest absolute Gasteiger partial charge is 0.415 e. The van der Waals surface area contributed by atoms with Crippen LogP contribution in [0.1, 0.15) is 20.8 Å². The van der Waals surface area contributed by atoms with Gasteiger partial charge >= 0.3 is 0 Å². The maximum Gasteiger partial charge on any atom is 0.147 e. The van der Waals surface area contributed by atoms with Gasteiger partial charge in [0.05, 0.1) is 38.1 Å². The molecule has 4 nitrogen and oxygen atoms in total. The van der Waals surface area contributed by atoms with Gasteiger partial charge in [0, 0.05) is 0 Å². The second kappa shape index (κ2) is 10.9. The summed E-state index contributed by atoms with van der Waals surface area (Å²) in [6, 6.07) is 0. The third-order valence-corrected chi connectivity index (χ3v) is 4.36. The molecule has 0 aromatic heterocycles. The van der Waals surface area contributed by atoms with Crippen LogP contribution in [-0.2, 0) is 18.6 Å². The second-order valence-corrected chi connectivity index (χ2v) is 5.26. The second-order valence-electron chi connectivity index (χ2n) is 4.85. The molecule has 0 saturated carbocycles. The van der Waals surface area contributed by atoms with Crippen LogP contribution in [0, 0.1) is 0 Å². The highest BCUT2D eigenvalue weighted by atomic mass is 28.2. The lowest BCUT2D eigenvalue weighted by molar-refractivity contribution is -0.201. The summed E-state index contributed by atoms with van der Waals surface area (Å²) in [7, 11) is 0.548. The minimum absolute atomic E-state index is 0.201. The molecule has 0 heterocycles. The number of ether oxygens (including phenoxy) is 3. The molecular weight excluding hydrogens is 284 g/mol. The van der Waals surface area contributed by atoms with Crippen LogP contribution < -0.4 is 0 Å². The Bertz CT molecular complexity index is 274. The summed E-state index contributed by atoms with van der Waals surface area (Å²) in [4.78, 5) is 0. The first-order valence-corrected chi connectivity index (χ1v) is 8.05. The number of hydrogen-bond acceptors (Lipinski definition) is 4. The van der Waals surface area contributed by atoms with Crippen molar-refractivity contribution in [2.24, 2.45) is 0 Å². The lowest BCUT2D eigenvalue weighted by Gasteiger charge is -2.46. The lowest BCUT2D eigenvalue weighted by atomic mass is 9.86. The molecule has 122 valence electrons. The third kappa shape index (κ3) is 5.52. The maximum atomic E-state index is 5.98. The van der Waals surface area contributed by atoms with E-state index in [1.807, 2.05) is 20.8 Å². The Morgan fingerprint density at radius 2 is 1.10 bits per heavy atom. The van der Waals surface area contributed by atoms with Gasteiger partial charge in [0.15, 0.2) is 0 Å². The fourth-order valence-corrected chi connectivity index (χ4v) is 3.51. The molecule has 0 aromatic carbocycles. The summed E-state index contributed by atoms with van der Waals surface area (Å²) in [5, 5.41) is 0. The van der Waals surface area contributed by atoms with Crippen molar-refractivity contribution in [1.29, 1.82) is 0 Å². The molecule has 0 N–H and O–H groups in total.